The summed E-state index contributed by atoms with van der Waals surface area (Å²) in [6.45, 7) is 11.2. The summed E-state index contributed by atoms with van der Waals surface area (Å²) in [7, 11) is 0. The van der Waals surface area contributed by atoms with Gasteiger partial charge < -0.3 is 0 Å². The van der Waals surface area contributed by atoms with E-state index in [1.165, 1.54) is 27.8 Å². The molecule has 0 heteroatoms. The molecule has 0 amide bonds. The maximum Gasteiger partial charge on any atom is -0.0146 e. The highest BCUT2D eigenvalue weighted by Gasteiger charge is 2.09. The molecule has 21 heavy (non-hydrogen) atoms. The zero-order chi connectivity index (χ0) is 15.4. The van der Waals surface area contributed by atoms with Crippen molar-refractivity contribution in [2.75, 3.05) is 0 Å². The van der Waals surface area contributed by atoms with E-state index in [1.807, 2.05) is 0 Å². The first-order valence-electron chi connectivity index (χ1n) is 8.27. The van der Waals surface area contributed by atoms with E-state index in [1.54, 1.807) is 5.56 Å². The smallest absolute Gasteiger partial charge is 0.0146 e. The molecule has 0 N–H and O–H groups in total. The molecule has 2 rings (SSSR count). The molecule has 0 aliphatic carbocycles. The lowest BCUT2D eigenvalue weighted by molar-refractivity contribution is 0.865. The second kappa shape index (κ2) is 6.93. The number of aryl methyl sites for hydroxylation is 2. The lowest BCUT2D eigenvalue weighted by Gasteiger charge is -2.15. The minimum Gasteiger partial charge on any atom is -0.0613 e. The monoisotopic (exact) mass is 279 g/mol. The van der Waals surface area contributed by atoms with E-state index >= 15 is 0 Å². The molecule has 0 nitrogen and oxygen atoms in total. The topological polar surface area (TPSA) is 0 Å². The zero-order valence-corrected chi connectivity index (χ0v) is 14.1. The molecule has 0 saturated carbocycles. The van der Waals surface area contributed by atoms with Gasteiger partial charge in [-0.25, -0.2) is 0 Å². The summed E-state index contributed by atoms with van der Waals surface area (Å²) >= 11 is 0. The van der Waals surface area contributed by atoms with Crippen molar-refractivity contribution in [2.45, 2.75) is 59.8 Å². The van der Waals surface area contributed by atoms with Crippen LogP contribution in [0.3, 0.4) is 0 Å². The SMILES string of the molecule is CCc1cc(-c2cc[c]c(C(C)C)c2)cc(CC)c1CC. The van der Waals surface area contributed by atoms with Gasteiger partial charge in [0.1, 0.15) is 0 Å². The molecular formula is C21H27. The zero-order valence-electron chi connectivity index (χ0n) is 14.1. The summed E-state index contributed by atoms with van der Waals surface area (Å²) in [6.07, 6.45) is 3.35. The van der Waals surface area contributed by atoms with Crippen molar-refractivity contribution in [3.05, 3.63) is 58.7 Å². The first-order valence-corrected chi connectivity index (χ1v) is 8.27. The van der Waals surface area contributed by atoms with Crippen LogP contribution in [0.15, 0.2) is 30.3 Å². The van der Waals surface area contributed by atoms with Gasteiger partial charge in [0.2, 0.25) is 0 Å². The van der Waals surface area contributed by atoms with Gasteiger partial charge >= 0.3 is 0 Å². The van der Waals surface area contributed by atoms with Crippen LogP contribution in [0.25, 0.3) is 11.1 Å². The van der Waals surface area contributed by atoms with Crippen molar-refractivity contribution in [2.24, 2.45) is 0 Å². The fraction of sp³-hybridized carbons (Fsp3) is 0.429. The Morgan fingerprint density at radius 1 is 0.857 bits per heavy atom. The third-order valence-electron chi connectivity index (χ3n) is 4.33. The summed E-state index contributed by atoms with van der Waals surface area (Å²) in [5.41, 5.74) is 8.54. The van der Waals surface area contributed by atoms with Crippen LogP contribution in [0.2, 0.25) is 0 Å². The van der Waals surface area contributed by atoms with Crippen LogP contribution in [0.1, 0.15) is 62.8 Å². The molecule has 0 aliphatic heterocycles. The summed E-state index contributed by atoms with van der Waals surface area (Å²) in [6, 6.07) is 14.7. The molecule has 2 aromatic rings. The van der Waals surface area contributed by atoms with Crippen LogP contribution >= 0.6 is 0 Å². The largest absolute Gasteiger partial charge is 0.0613 e. The van der Waals surface area contributed by atoms with Gasteiger partial charge in [-0.3, -0.25) is 0 Å². The van der Waals surface area contributed by atoms with Crippen molar-refractivity contribution in [1.29, 1.82) is 0 Å². The van der Waals surface area contributed by atoms with E-state index in [4.69, 9.17) is 0 Å². The highest BCUT2D eigenvalue weighted by Crippen LogP contribution is 2.29. The predicted octanol–water partition coefficient (Wildman–Crippen LogP) is 5.96. The van der Waals surface area contributed by atoms with Gasteiger partial charge in [-0.2, -0.15) is 0 Å². The Hall–Kier alpha value is -1.56. The highest BCUT2D eigenvalue weighted by molar-refractivity contribution is 5.67. The molecule has 2 aromatic carbocycles. The first-order chi connectivity index (χ1) is 10.1. The molecule has 0 saturated heterocycles. The maximum absolute atomic E-state index is 3.36. The molecule has 0 aliphatic rings. The molecule has 0 spiro atoms. The molecule has 0 atom stereocenters. The van der Waals surface area contributed by atoms with Gasteiger partial charge in [-0.1, -0.05) is 65.0 Å². The van der Waals surface area contributed by atoms with Crippen molar-refractivity contribution < 1.29 is 0 Å². The van der Waals surface area contributed by atoms with Crippen LogP contribution in [-0.4, -0.2) is 0 Å². The van der Waals surface area contributed by atoms with E-state index in [2.05, 4.69) is 71.0 Å². The van der Waals surface area contributed by atoms with E-state index < -0.39 is 0 Å². The van der Waals surface area contributed by atoms with Gasteiger partial charge in [0.25, 0.3) is 0 Å². The predicted molar refractivity (Wildman–Crippen MR) is 92.9 cm³/mol. The lowest BCUT2D eigenvalue weighted by atomic mass is 9.89. The Morgan fingerprint density at radius 3 is 1.95 bits per heavy atom. The standard InChI is InChI=1S/C21H27/c1-6-16-12-20(13-17(7-2)21(16)8-3)19-11-9-10-18(14-19)15(4)5/h9,11-15H,6-8H2,1-5H3. The minimum atomic E-state index is 0.524. The molecule has 0 bridgehead atoms. The summed E-state index contributed by atoms with van der Waals surface area (Å²) in [5.74, 6) is 0.524. The van der Waals surface area contributed by atoms with Crippen molar-refractivity contribution >= 4 is 0 Å². The molecule has 0 fully saturated rings. The molecular weight excluding hydrogens is 252 g/mol. The Balaban J connectivity index is 2.56. The second-order valence-corrected chi connectivity index (χ2v) is 6.02. The third-order valence-corrected chi connectivity index (χ3v) is 4.33. The third kappa shape index (κ3) is 3.37. The molecule has 0 heterocycles. The van der Waals surface area contributed by atoms with Crippen LogP contribution in [0, 0.1) is 6.07 Å². The Kier molecular flexibility index (Phi) is 5.22. The Morgan fingerprint density at radius 2 is 1.48 bits per heavy atom. The second-order valence-electron chi connectivity index (χ2n) is 6.02. The quantitative estimate of drug-likeness (QED) is 0.633. The van der Waals surface area contributed by atoms with E-state index in [0.29, 0.717) is 5.92 Å². The van der Waals surface area contributed by atoms with Gasteiger partial charge in [0.15, 0.2) is 0 Å². The maximum atomic E-state index is 3.36. The van der Waals surface area contributed by atoms with Gasteiger partial charge in [-0.05, 0) is 64.6 Å². The first kappa shape index (κ1) is 15.8. The lowest BCUT2D eigenvalue weighted by Crippen LogP contribution is -1.99. The fourth-order valence-corrected chi connectivity index (χ4v) is 3.05. The van der Waals surface area contributed by atoms with Crippen molar-refractivity contribution in [3.8, 4) is 11.1 Å². The number of benzene rings is 2. The average molecular weight is 279 g/mol. The summed E-state index contributed by atoms with van der Waals surface area (Å²) in [5, 5.41) is 0. The Labute approximate surface area is 130 Å². The number of hydrogen-bond acceptors (Lipinski definition) is 0. The van der Waals surface area contributed by atoms with E-state index in [0.717, 1.165) is 19.3 Å². The van der Waals surface area contributed by atoms with Crippen LogP contribution in [0.5, 0.6) is 0 Å². The van der Waals surface area contributed by atoms with Gasteiger partial charge in [-0.15, -0.1) is 0 Å². The molecule has 0 unspecified atom stereocenters. The van der Waals surface area contributed by atoms with E-state index in [-0.39, 0.29) is 0 Å². The Bertz CT molecular complexity index is 580. The molecule has 111 valence electrons. The van der Waals surface area contributed by atoms with Crippen molar-refractivity contribution in [3.63, 3.8) is 0 Å². The summed E-state index contributed by atoms with van der Waals surface area (Å²) in [4.78, 5) is 0. The van der Waals surface area contributed by atoms with Gasteiger partial charge in [0, 0.05) is 0 Å². The number of hydrogen-bond donors (Lipinski definition) is 0. The minimum absolute atomic E-state index is 0.524. The van der Waals surface area contributed by atoms with Gasteiger partial charge in [0.05, 0.1) is 0 Å². The summed E-state index contributed by atoms with van der Waals surface area (Å²) < 4.78 is 0. The van der Waals surface area contributed by atoms with Crippen LogP contribution in [0.4, 0.5) is 0 Å². The molecule has 1 radical (unpaired) electrons. The van der Waals surface area contributed by atoms with Crippen LogP contribution < -0.4 is 0 Å². The van der Waals surface area contributed by atoms with Crippen molar-refractivity contribution in [1.82, 2.24) is 0 Å². The normalized spacial score (nSPS) is 11.1. The molecule has 0 aromatic heterocycles. The average Bonchev–Trinajstić information content (AvgIpc) is 2.53. The number of rotatable bonds is 5. The fourth-order valence-electron chi connectivity index (χ4n) is 3.05. The van der Waals surface area contributed by atoms with E-state index in [9.17, 15) is 0 Å². The highest BCUT2D eigenvalue weighted by atomic mass is 14.1. The van der Waals surface area contributed by atoms with Crippen LogP contribution in [-0.2, 0) is 19.3 Å².